The van der Waals surface area contributed by atoms with E-state index in [1.54, 1.807) is 0 Å². The van der Waals surface area contributed by atoms with Crippen LogP contribution in [0.3, 0.4) is 0 Å². The number of nitrogens with one attached hydrogen (secondary N) is 1. The van der Waals surface area contributed by atoms with E-state index in [2.05, 4.69) is 24.1 Å². The van der Waals surface area contributed by atoms with Gasteiger partial charge in [0.1, 0.15) is 0 Å². The first-order chi connectivity index (χ1) is 8.87. The minimum Gasteiger partial charge on any atom is -0.481 e. The number of hydrogen-bond acceptors (Lipinski definition) is 3. The van der Waals surface area contributed by atoms with Gasteiger partial charge in [0, 0.05) is 25.6 Å². The van der Waals surface area contributed by atoms with E-state index < -0.39 is 11.4 Å². The van der Waals surface area contributed by atoms with Crippen molar-refractivity contribution in [3.63, 3.8) is 0 Å². The maximum atomic E-state index is 11.9. The Morgan fingerprint density at radius 3 is 2.37 bits per heavy atom. The second-order valence-electron chi connectivity index (χ2n) is 5.89. The lowest BCUT2D eigenvalue weighted by atomic mass is 9.82. The van der Waals surface area contributed by atoms with Crippen molar-refractivity contribution in [3.8, 4) is 0 Å². The average molecular weight is 270 g/mol. The standard InChI is InChI=1S/C14H26N2O3/c1-11(2)16(3)9-8-15-12(17)10-14(13(18)19)6-4-5-7-14/h11H,4-10H2,1-3H3,(H,15,17)(H,18,19). The molecule has 0 saturated heterocycles. The number of rotatable bonds is 7. The lowest BCUT2D eigenvalue weighted by Gasteiger charge is -2.24. The molecule has 0 aromatic rings. The number of carbonyl (C=O) groups is 2. The van der Waals surface area contributed by atoms with Crippen molar-refractivity contribution < 1.29 is 14.7 Å². The first-order valence-electron chi connectivity index (χ1n) is 7.08. The van der Waals surface area contributed by atoms with Gasteiger partial charge in [0.15, 0.2) is 0 Å². The molecule has 1 aliphatic rings. The summed E-state index contributed by atoms with van der Waals surface area (Å²) in [6, 6.07) is 0.442. The molecule has 110 valence electrons. The van der Waals surface area contributed by atoms with Crippen LogP contribution >= 0.6 is 0 Å². The topological polar surface area (TPSA) is 69.6 Å². The third-order valence-electron chi connectivity index (χ3n) is 4.18. The largest absolute Gasteiger partial charge is 0.481 e. The van der Waals surface area contributed by atoms with Gasteiger partial charge in [0.25, 0.3) is 0 Å². The van der Waals surface area contributed by atoms with E-state index >= 15 is 0 Å². The molecule has 0 aromatic carbocycles. The van der Waals surface area contributed by atoms with E-state index in [-0.39, 0.29) is 12.3 Å². The molecule has 2 N–H and O–H groups in total. The van der Waals surface area contributed by atoms with Crippen molar-refractivity contribution in [2.24, 2.45) is 5.41 Å². The summed E-state index contributed by atoms with van der Waals surface area (Å²) in [5, 5.41) is 12.1. The minimum atomic E-state index is -0.820. The summed E-state index contributed by atoms with van der Waals surface area (Å²) >= 11 is 0. The Balaban J connectivity index is 2.36. The quantitative estimate of drug-likeness (QED) is 0.735. The molecule has 19 heavy (non-hydrogen) atoms. The second-order valence-corrected chi connectivity index (χ2v) is 5.89. The van der Waals surface area contributed by atoms with Crippen LogP contribution in [0.15, 0.2) is 0 Å². The molecule has 5 heteroatoms. The molecule has 1 fully saturated rings. The van der Waals surface area contributed by atoms with Gasteiger partial charge in [0.2, 0.25) is 5.91 Å². The van der Waals surface area contributed by atoms with Crippen LogP contribution in [0.4, 0.5) is 0 Å². The van der Waals surface area contributed by atoms with Crippen LogP contribution in [0.5, 0.6) is 0 Å². The van der Waals surface area contributed by atoms with E-state index in [4.69, 9.17) is 0 Å². The number of aliphatic carboxylic acids is 1. The summed E-state index contributed by atoms with van der Waals surface area (Å²) in [6.45, 7) is 5.55. The summed E-state index contributed by atoms with van der Waals surface area (Å²) in [7, 11) is 2.01. The summed E-state index contributed by atoms with van der Waals surface area (Å²) in [4.78, 5) is 25.4. The Bertz CT molecular complexity index is 323. The van der Waals surface area contributed by atoms with Crippen molar-refractivity contribution in [2.75, 3.05) is 20.1 Å². The Labute approximate surface area is 115 Å². The first-order valence-corrected chi connectivity index (χ1v) is 7.08. The van der Waals surface area contributed by atoms with E-state index in [1.165, 1.54) is 0 Å². The van der Waals surface area contributed by atoms with Crippen LogP contribution in [-0.4, -0.2) is 48.1 Å². The van der Waals surface area contributed by atoms with Gasteiger partial charge in [-0.3, -0.25) is 9.59 Å². The molecule has 0 unspecified atom stereocenters. The van der Waals surface area contributed by atoms with Crippen LogP contribution in [-0.2, 0) is 9.59 Å². The zero-order valence-corrected chi connectivity index (χ0v) is 12.2. The number of hydrogen-bond donors (Lipinski definition) is 2. The molecule has 1 aliphatic carbocycles. The predicted molar refractivity (Wildman–Crippen MR) is 73.9 cm³/mol. The van der Waals surface area contributed by atoms with Crippen molar-refractivity contribution in [1.82, 2.24) is 10.2 Å². The number of carbonyl (C=O) groups excluding carboxylic acids is 1. The summed E-state index contributed by atoms with van der Waals surface area (Å²) in [5.41, 5.74) is -0.811. The lowest BCUT2D eigenvalue weighted by molar-refractivity contribution is -0.151. The van der Waals surface area contributed by atoms with Gasteiger partial charge in [-0.25, -0.2) is 0 Å². The first kappa shape index (κ1) is 16.0. The van der Waals surface area contributed by atoms with Crippen molar-refractivity contribution in [2.45, 2.75) is 52.0 Å². The molecule has 0 spiro atoms. The molecule has 0 aliphatic heterocycles. The van der Waals surface area contributed by atoms with Gasteiger partial charge in [0.05, 0.1) is 5.41 Å². The molecule has 0 atom stereocenters. The number of nitrogens with zero attached hydrogens (tertiary/aromatic N) is 1. The number of carboxylic acid groups (broad SMARTS) is 1. The molecule has 1 rings (SSSR count). The van der Waals surface area contributed by atoms with Crippen LogP contribution in [0.2, 0.25) is 0 Å². The maximum Gasteiger partial charge on any atom is 0.310 e. The molecule has 0 aromatic heterocycles. The smallest absolute Gasteiger partial charge is 0.310 e. The van der Waals surface area contributed by atoms with Gasteiger partial charge in [-0.15, -0.1) is 0 Å². The number of carboxylic acids is 1. The van der Waals surface area contributed by atoms with Crippen molar-refractivity contribution in [3.05, 3.63) is 0 Å². The van der Waals surface area contributed by atoms with Gasteiger partial charge in [-0.2, -0.15) is 0 Å². The van der Waals surface area contributed by atoms with Crippen LogP contribution in [0.1, 0.15) is 46.0 Å². The molecule has 1 saturated carbocycles. The highest BCUT2D eigenvalue weighted by atomic mass is 16.4. The summed E-state index contributed by atoms with van der Waals surface area (Å²) < 4.78 is 0. The third-order valence-corrected chi connectivity index (χ3v) is 4.18. The van der Waals surface area contributed by atoms with Gasteiger partial charge in [-0.1, -0.05) is 12.8 Å². The Hall–Kier alpha value is -1.10. The summed E-state index contributed by atoms with van der Waals surface area (Å²) in [5.74, 6) is -0.957. The van der Waals surface area contributed by atoms with Crippen LogP contribution < -0.4 is 5.32 Å². The monoisotopic (exact) mass is 270 g/mol. The maximum absolute atomic E-state index is 11.9. The Morgan fingerprint density at radius 2 is 1.89 bits per heavy atom. The average Bonchev–Trinajstić information content (AvgIpc) is 2.78. The highest BCUT2D eigenvalue weighted by Gasteiger charge is 2.42. The van der Waals surface area contributed by atoms with Gasteiger partial charge in [-0.05, 0) is 33.7 Å². The highest BCUT2D eigenvalue weighted by Crippen LogP contribution is 2.41. The van der Waals surface area contributed by atoms with Gasteiger partial charge < -0.3 is 15.3 Å². The van der Waals surface area contributed by atoms with Crippen molar-refractivity contribution >= 4 is 11.9 Å². The highest BCUT2D eigenvalue weighted by molar-refractivity contribution is 5.85. The molecular formula is C14H26N2O3. The summed E-state index contributed by atoms with van der Waals surface area (Å²) in [6.07, 6.45) is 3.20. The molecule has 0 heterocycles. The molecular weight excluding hydrogens is 244 g/mol. The minimum absolute atomic E-state index is 0.119. The SMILES string of the molecule is CC(C)N(C)CCNC(=O)CC1(C(=O)O)CCCC1. The fourth-order valence-corrected chi connectivity index (χ4v) is 2.52. The lowest BCUT2D eigenvalue weighted by Crippen LogP contribution is -2.39. The van der Waals surface area contributed by atoms with Gasteiger partial charge >= 0.3 is 5.97 Å². The van der Waals surface area contributed by atoms with E-state index in [9.17, 15) is 14.7 Å². The fourth-order valence-electron chi connectivity index (χ4n) is 2.52. The Morgan fingerprint density at radius 1 is 1.32 bits per heavy atom. The predicted octanol–water partition coefficient (Wildman–Crippen LogP) is 1.48. The Kier molecular flexibility index (Phi) is 5.79. The van der Waals surface area contributed by atoms with E-state index in [0.29, 0.717) is 25.4 Å². The second kappa shape index (κ2) is 6.89. The zero-order chi connectivity index (χ0) is 14.5. The zero-order valence-electron chi connectivity index (χ0n) is 12.2. The number of likely N-dealkylation sites (N-methyl/N-ethyl adjacent to an activating group) is 1. The third kappa shape index (κ3) is 4.49. The fraction of sp³-hybridized carbons (Fsp3) is 0.857. The van der Waals surface area contributed by atoms with E-state index in [0.717, 1.165) is 19.4 Å². The van der Waals surface area contributed by atoms with E-state index in [1.807, 2.05) is 7.05 Å². The molecule has 0 bridgehead atoms. The van der Waals surface area contributed by atoms with Crippen LogP contribution in [0, 0.1) is 5.41 Å². The molecule has 5 nitrogen and oxygen atoms in total. The molecule has 1 amide bonds. The normalized spacial score (nSPS) is 17.9. The van der Waals surface area contributed by atoms with Crippen molar-refractivity contribution in [1.29, 1.82) is 0 Å². The van der Waals surface area contributed by atoms with Crippen LogP contribution in [0.25, 0.3) is 0 Å². The number of amides is 1. The molecule has 0 radical (unpaired) electrons.